The number of nitrogens with zero attached hydrogens (tertiary/aromatic N) is 6. The van der Waals surface area contributed by atoms with Crippen molar-refractivity contribution < 1.29 is 0 Å². The van der Waals surface area contributed by atoms with E-state index in [0.29, 0.717) is 0 Å². The first-order valence-electron chi connectivity index (χ1n) is 8.29. The van der Waals surface area contributed by atoms with Crippen LogP contribution in [0.3, 0.4) is 0 Å². The van der Waals surface area contributed by atoms with Gasteiger partial charge in [0.05, 0.1) is 10.7 Å². The first-order chi connectivity index (χ1) is 12.2. The van der Waals surface area contributed by atoms with Crippen LogP contribution in [-0.2, 0) is 0 Å². The molecule has 0 N–H and O–H groups in total. The maximum atomic E-state index is 6.32. The molecule has 6 nitrogen and oxygen atoms in total. The highest BCUT2D eigenvalue weighted by Crippen LogP contribution is 2.27. The van der Waals surface area contributed by atoms with Gasteiger partial charge in [0, 0.05) is 44.6 Å². The van der Waals surface area contributed by atoms with Gasteiger partial charge in [0.1, 0.15) is 23.8 Å². The molecule has 3 heterocycles. The largest absolute Gasteiger partial charge is 0.367 e. The highest BCUT2D eigenvalue weighted by molar-refractivity contribution is 6.33. The molecule has 1 aliphatic rings. The van der Waals surface area contributed by atoms with Crippen molar-refractivity contribution in [2.75, 3.05) is 36.0 Å². The highest BCUT2D eigenvalue weighted by Gasteiger charge is 2.20. The number of para-hydroxylation sites is 1. The first kappa shape index (κ1) is 15.9. The van der Waals surface area contributed by atoms with E-state index in [0.717, 1.165) is 54.3 Å². The molecule has 1 saturated heterocycles. The van der Waals surface area contributed by atoms with Gasteiger partial charge in [-0.05, 0) is 19.1 Å². The fourth-order valence-corrected chi connectivity index (χ4v) is 3.40. The standard InChI is InChI=1S/C18H19ClN6/c1-14-20-6-7-25(14)18-12-17(21-13-22-18)24-10-8-23(9-11-24)16-5-3-2-4-15(16)19/h2-7,12-13H,8-11H2,1H3. The molecule has 0 spiro atoms. The van der Waals surface area contributed by atoms with Gasteiger partial charge < -0.3 is 9.80 Å². The Balaban J connectivity index is 1.50. The number of halogens is 1. The van der Waals surface area contributed by atoms with Crippen LogP contribution in [0.1, 0.15) is 5.82 Å². The SMILES string of the molecule is Cc1nccn1-c1cc(N2CCN(c3ccccc3Cl)CC2)ncn1. The van der Waals surface area contributed by atoms with Crippen molar-refractivity contribution in [3.8, 4) is 5.82 Å². The lowest BCUT2D eigenvalue weighted by atomic mass is 10.2. The molecule has 1 aromatic carbocycles. The molecule has 0 atom stereocenters. The molecule has 1 fully saturated rings. The molecule has 0 saturated carbocycles. The van der Waals surface area contributed by atoms with Crippen LogP contribution in [0.15, 0.2) is 49.1 Å². The minimum Gasteiger partial charge on any atom is -0.367 e. The Bertz CT molecular complexity index is 869. The summed E-state index contributed by atoms with van der Waals surface area (Å²) in [6.45, 7) is 5.57. The highest BCUT2D eigenvalue weighted by atomic mass is 35.5. The van der Waals surface area contributed by atoms with E-state index in [1.807, 2.05) is 42.0 Å². The monoisotopic (exact) mass is 354 g/mol. The summed E-state index contributed by atoms with van der Waals surface area (Å²) in [7, 11) is 0. The van der Waals surface area contributed by atoms with Crippen LogP contribution in [0, 0.1) is 6.92 Å². The summed E-state index contributed by atoms with van der Waals surface area (Å²) in [4.78, 5) is 17.7. The molecule has 7 heteroatoms. The molecule has 3 aromatic rings. The fourth-order valence-electron chi connectivity index (χ4n) is 3.15. The Labute approximate surface area is 151 Å². The number of aryl methyl sites for hydroxylation is 1. The Morgan fingerprint density at radius 2 is 1.64 bits per heavy atom. The van der Waals surface area contributed by atoms with Crippen molar-refractivity contribution >= 4 is 23.1 Å². The minimum atomic E-state index is 0.802. The molecule has 0 radical (unpaired) electrons. The average molecular weight is 355 g/mol. The van der Waals surface area contributed by atoms with E-state index < -0.39 is 0 Å². The molecule has 25 heavy (non-hydrogen) atoms. The lowest BCUT2D eigenvalue weighted by Crippen LogP contribution is -2.47. The van der Waals surface area contributed by atoms with Gasteiger partial charge in [-0.3, -0.25) is 4.57 Å². The van der Waals surface area contributed by atoms with Gasteiger partial charge in [0.25, 0.3) is 0 Å². The zero-order chi connectivity index (χ0) is 17.2. The minimum absolute atomic E-state index is 0.802. The lowest BCUT2D eigenvalue weighted by Gasteiger charge is -2.37. The van der Waals surface area contributed by atoms with Gasteiger partial charge in [-0.15, -0.1) is 0 Å². The van der Waals surface area contributed by atoms with Crippen molar-refractivity contribution in [1.29, 1.82) is 0 Å². The second-order valence-electron chi connectivity index (χ2n) is 6.00. The van der Waals surface area contributed by atoms with Crippen LogP contribution in [0.4, 0.5) is 11.5 Å². The lowest BCUT2D eigenvalue weighted by molar-refractivity contribution is 0.646. The van der Waals surface area contributed by atoms with E-state index in [-0.39, 0.29) is 0 Å². The number of imidazole rings is 1. The smallest absolute Gasteiger partial charge is 0.143 e. The Kier molecular flexibility index (Phi) is 4.28. The van der Waals surface area contributed by atoms with Gasteiger partial charge >= 0.3 is 0 Å². The maximum Gasteiger partial charge on any atom is 0.143 e. The van der Waals surface area contributed by atoms with E-state index in [9.17, 15) is 0 Å². The second kappa shape index (κ2) is 6.72. The maximum absolute atomic E-state index is 6.32. The summed E-state index contributed by atoms with van der Waals surface area (Å²) in [6.07, 6.45) is 5.31. The average Bonchev–Trinajstić information content (AvgIpc) is 3.08. The topological polar surface area (TPSA) is 50.1 Å². The van der Waals surface area contributed by atoms with Crippen molar-refractivity contribution in [3.05, 3.63) is 59.9 Å². The summed E-state index contributed by atoms with van der Waals surface area (Å²) in [5.74, 6) is 2.69. The van der Waals surface area contributed by atoms with Crippen LogP contribution in [0.2, 0.25) is 5.02 Å². The first-order valence-corrected chi connectivity index (χ1v) is 8.67. The van der Waals surface area contributed by atoms with Crippen LogP contribution in [0.25, 0.3) is 5.82 Å². The van der Waals surface area contributed by atoms with E-state index in [4.69, 9.17) is 11.6 Å². The van der Waals surface area contributed by atoms with Crippen molar-refractivity contribution in [3.63, 3.8) is 0 Å². The Morgan fingerprint density at radius 3 is 2.36 bits per heavy atom. The van der Waals surface area contributed by atoms with Gasteiger partial charge in [-0.1, -0.05) is 23.7 Å². The van der Waals surface area contributed by atoms with Crippen molar-refractivity contribution in [2.24, 2.45) is 0 Å². The van der Waals surface area contributed by atoms with Crippen molar-refractivity contribution in [2.45, 2.75) is 6.92 Å². The summed E-state index contributed by atoms with van der Waals surface area (Å²) in [5, 5.41) is 0.802. The van der Waals surface area contributed by atoms with E-state index in [1.54, 1.807) is 12.5 Å². The third-order valence-electron chi connectivity index (χ3n) is 4.51. The number of benzene rings is 1. The molecule has 1 aliphatic heterocycles. The molecule has 4 rings (SSSR count). The zero-order valence-corrected chi connectivity index (χ0v) is 14.8. The second-order valence-corrected chi connectivity index (χ2v) is 6.41. The third kappa shape index (κ3) is 3.17. The van der Waals surface area contributed by atoms with Gasteiger partial charge in [0.2, 0.25) is 0 Å². The predicted molar refractivity (Wildman–Crippen MR) is 99.8 cm³/mol. The van der Waals surface area contributed by atoms with Crippen LogP contribution < -0.4 is 9.80 Å². The van der Waals surface area contributed by atoms with Crippen LogP contribution >= 0.6 is 11.6 Å². The van der Waals surface area contributed by atoms with Gasteiger partial charge in [-0.2, -0.15) is 0 Å². The number of anilines is 2. The summed E-state index contributed by atoms with van der Waals surface area (Å²) in [6, 6.07) is 10.0. The number of hydrogen-bond donors (Lipinski definition) is 0. The fraction of sp³-hybridized carbons (Fsp3) is 0.278. The molecule has 0 bridgehead atoms. The number of piperazine rings is 1. The molecule has 0 aliphatic carbocycles. The Hall–Kier alpha value is -2.60. The van der Waals surface area contributed by atoms with E-state index >= 15 is 0 Å². The summed E-state index contributed by atoms with van der Waals surface area (Å²) >= 11 is 6.32. The molecular formula is C18H19ClN6. The van der Waals surface area contributed by atoms with Crippen LogP contribution in [-0.4, -0.2) is 45.7 Å². The van der Waals surface area contributed by atoms with Gasteiger partial charge in [-0.25, -0.2) is 15.0 Å². The van der Waals surface area contributed by atoms with Crippen LogP contribution in [0.5, 0.6) is 0 Å². The quantitative estimate of drug-likeness (QED) is 0.723. The summed E-state index contributed by atoms with van der Waals surface area (Å²) < 4.78 is 1.96. The summed E-state index contributed by atoms with van der Waals surface area (Å²) in [5.41, 5.74) is 1.10. The number of rotatable bonds is 3. The molecule has 0 amide bonds. The Morgan fingerprint density at radius 1 is 0.920 bits per heavy atom. The number of aromatic nitrogens is 4. The third-order valence-corrected chi connectivity index (χ3v) is 4.83. The van der Waals surface area contributed by atoms with Gasteiger partial charge in [0.15, 0.2) is 0 Å². The zero-order valence-electron chi connectivity index (χ0n) is 14.0. The molecular weight excluding hydrogens is 336 g/mol. The van der Waals surface area contributed by atoms with E-state index in [2.05, 4.69) is 30.8 Å². The molecule has 2 aromatic heterocycles. The predicted octanol–water partition coefficient (Wildman–Crippen LogP) is 2.95. The van der Waals surface area contributed by atoms with Crippen molar-refractivity contribution in [1.82, 2.24) is 19.5 Å². The molecule has 128 valence electrons. The number of hydrogen-bond acceptors (Lipinski definition) is 5. The normalized spacial score (nSPS) is 14.8. The van der Waals surface area contributed by atoms with E-state index in [1.165, 1.54) is 0 Å². The molecule has 0 unspecified atom stereocenters.